The highest BCUT2D eigenvalue weighted by molar-refractivity contribution is 6.02. The van der Waals surface area contributed by atoms with E-state index in [1.165, 1.54) is 21.0 Å². The van der Waals surface area contributed by atoms with Crippen LogP contribution in [-0.2, 0) is 24.0 Å². The summed E-state index contributed by atoms with van der Waals surface area (Å²) in [6.45, 7) is 1.36. The fraction of sp³-hybridized carbons (Fsp3) is 0.538. The predicted octanol–water partition coefficient (Wildman–Crippen LogP) is -2.27. The Morgan fingerprint density at radius 3 is 1.83 bits per heavy atom. The van der Waals surface area contributed by atoms with Gasteiger partial charge >= 0.3 is 5.97 Å². The molecule has 1 fully saturated rings. The van der Waals surface area contributed by atoms with Gasteiger partial charge in [0.2, 0.25) is 0 Å². The molecule has 1 saturated heterocycles. The van der Waals surface area contributed by atoms with Crippen LogP contribution in [0.1, 0.15) is 32.6 Å². The molecule has 1 aliphatic heterocycles. The van der Waals surface area contributed by atoms with Gasteiger partial charge in [-0.1, -0.05) is 0 Å². The van der Waals surface area contributed by atoms with Gasteiger partial charge in [0.25, 0.3) is 11.8 Å². The molecular formula is C13H17N3O7-2. The molecule has 0 aromatic carbocycles. The molecule has 0 spiro atoms. The molecule has 2 amide bonds. The van der Waals surface area contributed by atoms with Gasteiger partial charge in [0, 0.05) is 33.4 Å². The highest BCUT2D eigenvalue weighted by Crippen LogP contribution is 2.12. The molecule has 1 heterocycles. The Bertz CT molecular complexity index is 524. The lowest BCUT2D eigenvalue weighted by molar-refractivity contribution is -0.223. The molecule has 23 heavy (non-hydrogen) atoms. The minimum atomic E-state index is -0.964. The van der Waals surface area contributed by atoms with E-state index >= 15 is 0 Å². The third-order valence-corrected chi connectivity index (χ3v) is 2.39. The van der Waals surface area contributed by atoms with Gasteiger partial charge in [-0.15, -0.1) is 5.06 Å². The topological polar surface area (TPSA) is 152 Å². The first-order chi connectivity index (χ1) is 10.7. The van der Waals surface area contributed by atoms with Gasteiger partial charge in [0.05, 0.1) is 6.42 Å². The Morgan fingerprint density at radius 2 is 1.48 bits per heavy atom. The molecule has 0 saturated carbocycles. The zero-order chi connectivity index (χ0) is 18.0. The van der Waals surface area contributed by atoms with Crippen LogP contribution in [0.4, 0.5) is 0 Å². The van der Waals surface area contributed by atoms with Gasteiger partial charge in [0.1, 0.15) is 5.78 Å². The number of Topliss-reactive ketones (excluding diaryl/α,β-unsaturated/α-hetero) is 1. The van der Waals surface area contributed by atoms with Crippen molar-refractivity contribution in [2.24, 2.45) is 9.98 Å². The summed E-state index contributed by atoms with van der Waals surface area (Å²) in [6.07, 6.45) is -0.583. The first kappa shape index (κ1) is 20.2. The highest BCUT2D eigenvalue weighted by atomic mass is 16.7. The molecule has 0 bridgehead atoms. The third kappa shape index (κ3) is 8.29. The quantitative estimate of drug-likeness (QED) is 0.313. The van der Waals surface area contributed by atoms with Crippen molar-refractivity contribution in [1.29, 1.82) is 0 Å². The second-order valence-corrected chi connectivity index (χ2v) is 4.34. The smallest absolute Gasteiger partial charge is 0.337 e. The number of amides is 2. The fourth-order valence-electron chi connectivity index (χ4n) is 1.29. The lowest BCUT2D eigenvalue weighted by Gasteiger charge is -2.14. The van der Waals surface area contributed by atoms with Gasteiger partial charge in [-0.2, -0.15) is 0 Å². The van der Waals surface area contributed by atoms with E-state index in [1.54, 1.807) is 0 Å². The molecule has 0 unspecified atom stereocenters. The summed E-state index contributed by atoms with van der Waals surface area (Å²) in [4.78, 5) is 54.0. The van der Waals surface area contributed by atoms with Crippen LogP contribution in [0.5, 0.6) is 0 Å². The number of carbonyl (C=O) groups excluding carboxylic acids is 4. The van der Waals surface area contributed by atoms with E-state index in [0.29, 0.717) is 5.06 Å². The molecule has 10 nitrogen and oxygen atoms in total. The van der Waals surface area contributed by atoms with Crippen molar-refractivity contribution in [3.05, 3.63) is 0 Å². The number of rotatable bonds is 5. The molecule has 0 atom stereocenters. The highest BCUT2D eigenvalue weighted by Gasteiger charge is 2.32. The lowest BCUT2D eigenvalue weighted by atomic mass is 10.3. The predicted molar refractivity (Wildman–Crippen MR) is 73.8 cm³/mol. The molecule has 0 radical (unpaired) electrons. The maximum atomic E-state index is 11.0. The van der Waals surface area contributed by atoms with Gasteiger partial charge in [-0.3, -0.25) is 14.4 Å². The van der Waals surface area contributed by atoms with Crippen molar-refractivity contribution in [3.8, 4) is 0 Å². The number of nitrogens with zero attached hydrogens (tertiary/aromatic N) is 3. The van der Waals surface area contributed by atoms with Gasteiger partial charge in [0.15, 0.2) is 0 Å². The van der Waals surface area contributed by atoms with Crippen molar-refractivity contribution in [1.82, 2.24) is 5.06 Å². The number of hydroxylamine groups is 2. The molecule has 1 rings (SSSR count). The average Bonchev–Trinajstić information content (AvgIpc) is 2.78. The molecule has 0 aromatic heterocycles. The van der Waals surface area contributed by atoms with Crippen LogP contribution in [0.3, 0.4) is 0 Å². The van der Waals surface area contributed by atoms with Crippen LogP contribution in [0, 0.1) is 0 Å². The number of ketones is 1. The monoisotopic (exact) mass is 327 g/mol. The maximum absolute atomic E-state index is 11.0. The number of hydrogen-bond acceptors (Lipinski definition) is 9. The van der Waals surface area contributed by atoms with E-state index in [1.807, 2.05) is 0 Å². The SMILES string of the molecule is CN=C([O-])CC(=O)ON1C(=O)CCC1=O.CN=C([O-])CC(C)=O. The Labute approximate surface area is 132 Å². The zero-order valence-corrected chi connectivity index (χ0v) is 13.0. The lowest BCUT2D eigenvalue weighted by Crippen LogP contribution is -2.34. The molecule has 0 aromatic rings. The maximum Gasteiger partial charge on any atom is 0.337 e. The first-order valence-electron chi connectivity index (χ1n) is 6.52. The van der Waals surface area contributed by atoms with Crippen molar-refractivity contribution in [2.75, 3.05) is 14.1 Å². The normalized spacial score (nSPS) is 15.2. The van der Waals surface area contributed by atoms with Crippen LogP contribution in [0.15, 0.2) is 9.98 Å². The third-order valence-electron chi connectivity index (χ3n) is 2.39. The molecule has 128 valence electrons. The summed E-state index contributed by atoms with van der Waals surface area (Å²) in [6, 6.07) is 0. The second-order valence-electron chi connectivity index (χ2n) is 4.34. The largest absolute Gasteiger partial charge is 0.862 e. The molecule has 0 N–H and O–H groups in total. The number of aliphatic imine (C=N–C) groups is 2. The summed E-state index contributed by atoms with van der Waals surface area (Å²) < 4.78 is 0. The number of carbonyl (C=O) groups is 4. The van der Waals surface area contributed by atoms with Crippen LogP contribution in [0.25, 0.3) is 0 Å². The average molecular weight is 327 g/mol. The van der Waals surface area contributed by atoms with E-state index in [2.05, 4.69) is 14.8 Å². The summed E-state index contributed by atoms with van der Waals surface area (Å²) in [5.41, 5.74) is 0. The Morgan fingerprint density at radius 1 is 1.04 bits per heavy atom. The number of imide groups is 1. The van der Waals surface area contributed by atoms with Crippen LogP contribution in [0.2, 0.25) is 0 Å². The minimum absolute atomic E-state index is 0.0260. The van der Waals surface area contributed by atoms with E-state index < -0.39 is 30.1 Å². The summed E-state index contributed by atoms with van der Waals surface area (Å²) in [5, 5.41) is 21.3. The minimum Gasteiger partial charge on any atom is -0.862 e. The van der Waals surface area contributed by atoms with Crippen molar-refractivity contribution >= 4 is 35.4 Å². The Hall–Kier alpha value is -2.78. The van der Waals surface area contributed by atoms with Crippen LogP contribution >= 0.6 is 0 Å². The van der Waals surface area contributed by atoms with Crippen molar-refractivity contribution in [3.63, 3.8) is 0 Å². The van der Waals surface area contributed by atoms with Crippen LogP contribution < -0.4 is 10.2 Å². The van der Waals surface area contributed by atoms with Gasteiger partial charge in [-0.25, -0.2) is 4.79 Å². The van der Waals surface area contributed by atoms with Gasteiger partial charge < -0.3 is 25.0 Å². The summed E-state index contributed by atoms with van der Waals surface area (Å²) >= 11 is 0. The molecule has 0 aliphatic carbocycles. The summed E-state index contributed by atoms with van der Waals surface area (Å²) in [5.74, 6) is -3.27. The van der Waals surface area contributed by atoms with Crippen LogP contribution in [-0.4, -0.2) is 54.5 Å². The Balaban J connectivity index is 0.000000515. The van der Waals surface area contributed by atoms with Crippen molar-refractivity contribution in [2.45, 2.75) is 32.6 Å². The van der Waals surface area contributed by atoms with Gasteiger partial charge in [-0.05, 0) is 18.7 Å². The molecular weight excluding hydrogens is 310 g/mol. The zero-order valence-electron chi connectivity index (χ0n) is 13.0. The van der Waals surface area contributed by atoms with E-state index in [9.17, 15) is 29.4 Å². The van der Waals surface area contributed by atoms with E-state index in [0.717, 1.165) is 0 Å². The van der Waals surface area contributed by atoms with E-state index in [-0.39, 0.29) is 30.9 Å². The molecule has 1 aliphatic rings. The Kier molecular flexibility index (Phi) is 8.82. The molecule has 10 heteroatoms. The standard InChI is InChI=1S/C8H10N2O5.C5H9NO2/c1-9-5(11)4-8(14)15-10-6(12)2-3-7(10)13;1-4(7)3-5(8)6-2/h2-4H2,1H3,(H,9,11);3H2,1-2H3,(H,6,8)/p-2. The number of hydrogen-bond donors (Lipinski definition) is 0. The van der Waals surface area contributed by atoms with E-state index in [4.69, 9.17) is 0 Å². The fourth-order valence-corrected chi connectivity index (χ4v) is 1.29. The first-order valence-corrected chi connectivity index (χ1v) is 6.52. The second kappa shape index (κ2) is 10.0. The summed E-state index contributed by atoms with van der Waals surface area (Å²) in [7, 11) is 2.62. The van der Waals surface area contributed by atoms with Crippen molar-refractivity contribution < 1.29 is 34.2 Å².